The normalized spacial score (nSPS) is 10.5. The summed E-state index contributed by atoms with van der Waals surface area (Å²) >= 11 is 0. The predicted molar refractivity (Wildman–Crippen MR) is 62.8 cm³/mol. The van der Waals surface area contributed by atoms with Crippen molar-refractivity contribution < 1.29 is 9.90 Å². The van der Waals surface area contributed by atoms with Crippen LogP contribution in [0.2, 0.25) is 0 Å². The van der Waals surface area contributed by atoms with Crippen molar-refractivity contribution in [2.75, 3.05) is 0 Å². The van der Waals surface area contributed by atoms with E-state index >= 15 is 0 Å². The number of pyridine rings is 1. The summed E-state index contributed by atoms with van der Waals surface area (Å²) in [5.41, 5.74) is 2.39. The Morgan fingerprint density at radius 3 is 2.88 bits per heavy atom. The number of carbonyl (C=O) groups is 1. The van der Waals surface area contributed by atoms with Crippen LogP contribution in [0.25, 0.3) is 11.1 Å². The molecule has 5 heteroatoms. The molecule has 88 valence electrons. The van der Waals surface area contributed by atoms with Crippen molar-refractivity contribution in [1.29, 1.82) is 0 Å². The first-order valence-electron chi connectivity index (χ1n) is 5.34. The molecule has 2 aromatic rings. The van der Waals surface area contributed by atoms with Crippen LogP contribution in [0, 0.1) is 0 Å². The molecule has 0 bridgehead atoms. The van der Waals surface area contributed by atoms with E-state index in [1.807, 2.05) is 20.2 Å². The molecule has 0 unspecified atom stereocenters. The third-order valence-corrected chi connectivity index (χ3v) is 2.54. The molecule has 0 fully saturated rings. The first kappa shape index (κ1) is 11.3. The van der Waals surface area contributed by atoms with Gasteiger partial charge in [-0.2, -0.15) is 5.10 Å². The monoisotopic (exact) mass is 231 g/mol. The Bertz CT molecular complexity index is 561. The van der Waals surface area contributed by atoms with Crippen LogP contribution in [0.5, 0.6) is 0 Å². The van der Waals surface area contributed by atoms with E-state index in [1.54, 1.807) is 16.8 Å². The number of rotatable bonds is 3. The van der Waals surface area contributed by atoms with Gasteiger partial charge in [0.05, 0.1) is 5.69 Å². The Morgan fingerprint density at radius 1 is 1.47 bits per heavy atom. The Labute approximate surface area is 98.7 Å². The highest BCUT2D eigenvalue weighted by atomic mass is 16.4. The van der Waals surface area contributed by atoms with Gasteiger partial charge in [-0.05, 0) is 12.5 Å². The van der Waals surface area contributed by atoms with Crippen molar-refractivity contribution in [3.05, 3.63) is 35.9 Å². The van der Waals surface area contributed by atoms with Gasteiger partial charge in [0.1, 0.15) is 0 Å². The zero-order valence-corrected chi connectivity index (χ0v) is 9.71. The van der Waals surface area contributed by atoms with Gasteiger partial charge in [-0.1, -0.05) is 13.0 Å². The number of aryl methyl sites for hydroxylation is 2. The van der Waals surface area contributed by atoms with Gasteiger partial charge in [-0.15, -0.1) is 0 Å². The van der Waals surface area contributed by atoms with E-state index in [0.717, 1.165) is 17.7 Å². The van der Waals surface area contributed by atoms with Crippen LogP contribution in [-0.2, 0) is 13.5 Å². The number of carboxylic acids is 1. The van der Waals surface area contributed by atoms with Crippen LogP contribution < -0.4 is 0 Å². The minimum atomic E-state index is -1.02. The molecule has 0 aromatic carbocycles. The average molecular weight is 231 g/mol. The van der Waals surface area contributed by atoms with E-state index in [2.05, 4.69) is 10.1 Å². The second kappa shape index (κ2) is 4.37. The summed E-state index contributed by atoms with van der Waals surface area (Å²) < 4.78 is 1.69. The van der Waals surface area contributed by atoms with Gasteiger partial charge < -0.3 is 5.11 Å². The van der Waals surface area contributed by atoms with E-state index in [0.29, 0.717) is 5.56 Å². The molecule has 1 N–H and O–H groups in total. The molecule has 0 amide bonds. The molecular weight excluding hydrogens is 218 g/mol. The third kappa shape index (κ3) is 2.04. The average Bonchev–Trinajstić information content (AvgIpc) is 2.70. The van der Waals surface area contributed by atoms with Crippen LogP contribution >= 0.6 is 0 Å². The third-order valence-electron chi connectivity index (χ3n) is 2.54. The first-order valence-corrected chi connectivity index (χ1v) is 5.34. The number of aromatic carboxylic acids is 1. The molecule has 0 radical (unpaired) electrons. The number of carboxylic acid groups (broad SMARTS) is 1. The van der Waals surface area contributed by atoms with Crippen molar-refractivity contribution >= 4 is 5.97 Å². The molecule has 0 aliphatic carbocycles. The minimum absolute atomic E-state index is 0.0650. The fraction of sp³-hybridized carbons (Fsp3) is 0.250. The Morgan fingerprint density at radius 2 is 2.24 bits per heavy atom. The minimum Gasteiger partial charge on any atom is -0.476 e. The first-order chi connectivity index (χ1) is 8.13. The van der Waals surface area contributed by atoms with E-state index in [4.69, 9.17) is 5.11 Å². The maximum atomic E-state index is 11.1. The van der Waals surface area contributed by atoms with Gasteiger partial charge in [-0.3, -0.25) is 4.68 Å². The quantitative estimate of drug-likeness (QED) is 0.873. The standard InChI is InChI=1S/C12H13N3O2/c1-3-10-9(7-15(2)14-10)8-5-4-6-13-11(8)12(16)17/h4-7H,3H2,1-2H3,(H,16,17). The highest BCUT2D eigenvalue weighted by Crippen LogP contribution is 2.25. The van der Waals surface area contributed by atoms with Gasteiger partial charge in [0, 0.05) is 30.6 Å². The summed E-state index contributed by atoms with van der Waals surface area (Å²) in [4.78, 5) is 15.0. The molecule has 0 saturated heterocycles. The van der Waals surface area contributed by atoms with E-state index in [-0.39, 0.29) is 5.69 Å². The second-order valence-electron chi connectivity index (χ2n) is 3.72. The number of hydrogen-bond acceptors (Lipinski definition) is 3. The lowest BCUT2D eigenvalue weighted by molar-refractivity contribution is 0.0691. The number of hydrogen-bond donors (Lipinski definition) is 1. The molecule has 5 nitrogen and oxygen atoms in total. The number of nitrogens with zero attached hydrogens (tertiary/aromatic N) is 3. The molecule has 2 aromatic heterocycles. The largest absolute Gasteiger partial charge is 0.476 e. The summed E-state index contributed by atoms with van der Waals surface area (Å²) in [7, 11) is 1.82. The fourth-order valence-corrected chi connectivity index (χ4v) is 1.81. The van der Waals surface area contributed by atoms with Crippen LogP contribution in [0.15, 0.2) is 24.5 Å². The lowest BCUT2D eigenvalue weighted by Crippen LogP contribution is -2.03. The van der Waals surface area contributed by atoms with Crippen LogP contribution in [0.3, 0.4) is 0 Å². The Balaban J connectivity index is 2.63. The van der Waals surface area contributed by atoms with Crippen LogP contribution in [0.4, 0.5) is 0 Å². The van der Waals surface area contributed by atoms with Crippen molar-refractivity contribution in [2.45, 2.75) is 13.3 Å². The lowest BCUT2D eigenvalue weighted by atomic mass is 10.0. The van der Waals surface area contributed by atoms with Crippen molar-refractivity contribution in [3.63, 3.8) is 0 Å². The molecule has 2 rings (SSSR count). The fourth-order valence-electron chi connectivity index (χ4n) is 1.81. The molecular formula is C12H13N3O2. The predicted octanol–water partition coefficient (Wildman–Crippen LogP) is 1.74. The summed E-state index contributed by atoms with van der Waals surface area (Å²) in [5.74, 6) is -1.02. The molecule has 2 heterocycles. The number of aromatic nitrogens is 3. The summed E-state index contributed by atoms with van der Waals surface area (Å²) in [6, 6.07) is 3.49. The van der Waals surface area contributed by atoms with Gasteiger partial charge in [0.15, 0.2) is 5.69 Å². The maximum absolute atomic E-state index is 11.1. The molecule has 0 aliphatic rings. The van der Waals surface area contributed by atoms with Gasteiger partial charge >= 0.3 is 5.97 Å². The summed E-state index contributed by atoms with van der Waals surface area (Å²) in [5, 5.41) is 13.4. The summed E-state index contributed by atoms with van der Waals surface area (Å²) in [6.45, 7) is 1.99. The second-order valence-corrected chi connectivity index (χ2v) is 3.72. The topological polar surface area (TPSA) is 68.0 Å². The van der Waals surface area contributed by atoms with Crippen molar-refractivity contribution in [2.24, 2.45) is 7.05 Å². The zero-order chi connectivity index (χ0) is 12.4. The van der Waals surface area contributed by atoms with Crippen LogP contribution in [0.1, 0.15) is 23.1 Å². The Hall–Kier alpha value is -2.17. The molecule has 0 spiro atoms. The van der Waals surface area contributed by atoms with Gasteiger partial charge in [-0.25, -0.2) is 9.78 Å². The van der Waals surface area contributed by atoms with Crippen LogP contribution in [-0.4, -0.2) is 25.8 Å². The van der Waals surface area contributed by atoms with Crippen molar-refractivity contribution in [1.82, 2.24) is 14.8 Å². The lowest BCUT2D eigenvalue weighted by Gasteiger charge is -2.03. The van der Waals surface area contributed by atoms with Gasteiger partial charge in [0.25, 0.3) is 0 Å². The molecule has 0 atom stereocenters. The molecule has 17 heavy (non-hydrogen) atoms. The van der Waals surface area contributed by atoms with E-state index in [9.17, 15) is 4.79 Å². The van der Waals surface area contributed by atoms with Crippen molar-refractivity contribution in [3.8, 4) is 11.1 Å². The summed E-state index contributed by atoms with van der Waals surface area (Å²) in [6.07, 6.45) is 4.06. The Kier molecular flexibility index (Phi) is 2.91. The van der Waals surface area contributed by atoms with E-state index < -0.39 is 5.97 Å². The van der Waals surface area contributed by atoms with Gasteiger partial charge in [0.2, 0.25) is 0 Å². The maximum Gasteiger partial charge on any atom is 0.355 e. The smallest absolute Gasteiger partial charge is 0.355 e. The highest BCUT2D eigenvalue weighted by Gasteiger charge is 2.16. The molecule has 0 aliphatic heterocycles. The van der Waals surface area contributed by atoms with E-state index in [1.165, 1.54) is 6.20 Å². The zero-order valence-electron chi connectivity index (χ0n) is 9.71. The molecule has 0 saturated carbocycles. The highest BCUT2D eigenvalue weighted by molar-refractivity contribution is 5.94. The SMILES string of the molecule is CCc1nn(C)cc1-c1cccnc1C(=O)O.